The van der Waals surface area contributed by atoms with Gasteiger partial charge in [0, 0.05) is 11.4 Å². The highest BCUT2D eigenvalue weighted by Gasteiger charge is 2.10. The number of thioether (sulfide) groups is 1. The van der Waals surface area contributed by atoms with Gasteiger partial charge in [0.15, 0.2) is 10.9 Å². The summed E-state index contributed by atoms with van der Waals surface area (Å²) in [4.78, 5) is 29.1. The van der Waals surface area contributed by atoms with E-state index in [1.807, 2.05) is 62.4 Å². The van der Waals surface area contributed by atoms with Crippen molar-refractivity contribution in [3.63, 3.8) is 0 Å². The molecule has 4 rings (SSSR count). The Morgan fingerprint density at radius 3 is 2.39 bits per heavy atom. The monoisotopic (exact) mass is 477 g/mol. The van der Waals surface area contributed by atoms with Crippen LogP contribution in [0.15, 0.2) is 71.1 Å². The molecule has 8 heteroatoms. The molecule has 0 unspecified atom stereocenters. The number of aromatic nitrogens is 1. The van der Waals surface area contributed by atoms with Gasteiger partial charge >= 0.3 is 0 Å². The zero-order valence-corrected chi connectivity index (χ0v) is 19.9. The van der Waals surface area contributed by atoms with E-state index in [2.05, 4.69) is 21.7 Å². The van der Waals surface area contributed by atoms with Gasteiger partial charge in [-0.25, -0.2) is 4.98 Å². The van der Waals surface area contributed by atoms with Crippen LogP contribution in [0.1, 0.15) is 11.1 Å². The van der Waals surface area contributed by atoms with Crippen molar-refractivity contribution in [2.24, 2.45) is 0 Å². The largest absolute Gasteiger partial charge is 0.484 e. The average molecular weight is 478 g/mol. The van der Waals surface area contributed by atoms with Gasteiger partial charge in [0.2, 0.25) is 5.91 Å². The molecule has 4 aromatic rings. The number of rotatable bonds is 8. The van der Waals surface area contributed by atoms with E-state index in [9.17, 15) is 9.59 Å². The number of thiazole rings is 1. The standard InChI is InChI=1S/C25H23N3O3S2/c1-16-10-17(2)12-19(11-16)27-24(30)15-32-25-28-21-9-8-18(13-22(21)33-25)26-23(29)14-31-20-6-4-3-5-7-20/h3-13H,14-15H2,1-2H3,(H,26,29)(H,27,30). The number of ether oxygens (including phenoxy) is 1. The third kappa shape index (κ3) is 6.57. The Morgan fingerprint density at radius 1 is 0.909 bits per heavy atom. The van der Waals surface area contributed by atoms with E-state index in [4.69, 9.17) is 4.74 Å². The third-order valence-corrected chi connectivity index (χ3v) is 6.76. The first-order valence-corrected chi connectivity index (χ1v) is 12.1. The highest BCUT2D eigenvalue weighted by molar-refractivity contribution is 8.01. The Balaban J connectivity index is 1.31. The van der Waals surface area contributed by atoms with E-state index >= 15 is 0 Å². The van der Waals surface area contributed by atoms with Crippen molar-refractivity contribution in [2.45, 2.75) is 18.2 Å². The predicted molar refractivity (Wildman–Crippen MR) is 135 cm³/mol. The summed E-state index contributed by atoms with van der Waals surface area (Å²) >= 11 is 2.89. The van der Waals surface area contributed by atoms with Gasteiger partial charge < -0.3 is 15.4 Å². The van der Waals surface area contributed by atoms with E-state index in [-0.39, 0.29) is 24.2 Å². The van der Waals surface area contributed by atoms with Crippen molar-refractivity contribution >= 4 is 56.5 Å². The number of carbonyl (C=O) groups is 2. The van der Waals surface area contributed by atoms with Crippen molar-refractivity contribution in [3.05, 3.63) is 77.9 Å². The molecular formula is C25H23N3O3S2. The SMILES string of the molecule is Cc1cc(C)cc(NC(=O)CSc2nc3ccc(NC(=O)COc4ccccc4)cc3s2)c1. The summed E-state index contributed by atoms with van der Waals surface area (Å²) in [5.74, 6) is 0.609. The second-order valence-electron chi connectivity index (χ2n) is 7.53. The molecule has 3 aromatic carbocycles. The molecule has 0 saturated carbocycles. The summed E-state index contributed by atoms with van der Waals surface area (Å²) in [5.41, 5.74) is 4.53. The maximum absolute atomic E-state index is 12.3. The molecule has 0 atom stereocenters. The van der Waals surface area contributed by atoms with E-state index in [1.54, 1.807) is 12.1 Å². The smallest absolute Gasteiger partial charge is 0.262 e. The molecule has 1 aromatic heterocycles. The molecule has 2 N–H and O–H groups in total. The Morgan fingerprint density at radius 2 is 1.64 bits per heavy atom. The van der Waals surface area contributed by atoms with Crippen LogP contribution in [0.5, 0.6) is 5.75 Å². The number of nitrogens with zero attached hydrogens (tertiary/aromatic N) is 1. The molecule has 0 aliphatic rings. The van der Waals surface area contributed by atoms with Crippen molar-refractivity contribution in [1.29, 1.82) is 0 Å². The van der Waals surface area contributed by atoms with Crippen molar-refractivity contribution in [2.75, 3.05) is 23.0 Å². The van der Waals surface area contributed by atoms with Crippen LogP contribution in [0.3, 0.4) is 0 Å². The first-order chi connectivity index (χ1) is 15.9. The molecule has 1 heterocycles. The molecule has 33 heavy (non-hydrogen) atoms. The number of carbonyl (C=O) groups excluding carboxylic acids is 2. The van der Waals surface area contributed by atoms with Crippen molar-refractivity contribution < 1.29 is 14.3 Å². The molecule has 2 amide bonds. The van der Waals surface area contributed by atoms with Gasteiger partial charge in [0.05, 0.1) is 16.0 Å². The fourth-order valence-electron chi connectivity index (χ4n) is 3.28. The quantitative estimate of drug-likeness (QED) is 0.320. The second kappa shape index (κ2) is 10.5. The van der Waals surface area contributed by atoms with Gasteiger partial charge in [-0.05, 0) is 67.4 Å². The number of amides is 2. The van der Waals surface area contributed by atoms with Crippen molar-refractivity contribution in [1.82, 2.24) is 4.98 Å². The van der Waals surface area contributed by atoms with Crippen LogP contribution in [-0.4, -0.2) is 29.2 Å². The molecule has 0 aliphatic carbocycles. The zero-order valence-electron chi connectivity index (χ0n) is 18.3. The van der Waals surface area contributed by atoms with Crippen LogP contribution in [0.2, 0.25) is 0 Å². The average Bonchev–Trinajstić information content (AvgIpc) is 3.18. The second-order valence-corrected chi connectivity index (χ2v) is 9.78. The summed E-state index contributed by atoms with van der Waals surface area (Å²) in [6.07, 6.45) is 0. The van der Waals surface area contributed by atoms with Crippen LogP contribution >= 0.6 is 23.1 Å². The van der Waals surface area contributed by atoms with Crippen molar-refractivity contribution in [3.8, 4) is 5.75 Å². The first kappa shape index (κ1) is 22.8. The van der Waals surface area contributed by atoms with Gasteiger partial charge in [0.1, 0.15) is 5.75 Å². The van der Waals surface area contributed by atoms with Crippen LogP contribution < -0.4 is 15.4 Å². The number of anilines is 2. The number of hydrogen-bond donors (Lipinski definition) is 2. The number of hydrogen-bond acceptors (Lipinski definition) is 6. The van der Waals surface area contributed by atoms with Crippen LogP contribution in [0.4, 0.5) is 11.4 Å². The minimum Gasteiger partial charge on any atom is -0.484 e. The molecular weight excluding hydrogens is 454 g/mol. The Hall–Kier alpha value is -3.36. The Bertz CT molecular complexity index is 1270. The minimum absolute atomic E-state index is 0.0680. The highest BCUT2D eigenvalue weighted by atomic mass is 32.2. The lowest BCUT2D eigenvalue weighted by atomic mass is 10.1. The van der Waals surface area contributed by atoms with E-state index in [1.165, 1.54) is 23.1 Å². The molecule has 168 valence electrons. The normalized spacial score (nSPS) is 10.7. The lowest BCUT2D eigenvalue weighted by Crippen LogP contribution is -2.20. The number of fused-ring (bicyclic) bond motifs is 1. The van der Waals surface area contributed by atoms with Gasteiger partial charge in [-0.3, -0.25) is 9.59 Å². The van der Waals surface area contributed by atoms with E-state index < -0.39 is 0 Å². The topological polar surface area (TPSA) is 80.3 Å². The predicted octanol–water partition coefficient (Wildman–Crippen LogP) is 5.66. The Kier molecular flexibility index (Phi) is 7.26. The fourth-order valence-corrected chi connectivity index (χ4v) is 5.18. The molecule has 0 aliphatic heterocycles. The lowest BCUT2D eigenvalue weighted by Gasteiger charge is -2.07. The number of para-hydroxylation sites is 1. The van der Waals surface area contributed by atoms with E-state index in [0.717, 1.165) is 31.4 Å². The van der Waals surface area contributed by atoms with Gasteiger partial charge in [-0.15, -0.1) is 11.3 Å². The summed E-state index contributed by atoms with van der Waals surface area (Å²) in [7, 11) is 0. The minimum atomic E-state index is -0.236. The summed E-state index contributed by atoms with van der Waals surface area (Å²) in [5, 5.41) is 5.78. The maximum Gasteiger partial charge on any atom is 0.262 e. The maximum atomic E-state index is 12.3. The molecule has 0 fully saturated rings. The zero-order chi connectivity index (χ0) is 23.2. The van der Waals surface area contributed by atoms with Gasteiger partial charge in [-0.2, -0.15) is 0 Å². The molecule has 0 radical (unpaired) electrons. The molecule has 6 nitrogen and oxygen atoms in total. The molecule has 0 bridgehead atoms. The lowest BCUT2D eigenvalue weighted by molar-refractivity contribution is -0.118. The molecule has 0 spiro atoms. The summed E-state index contributed by atoms with van der Waals surface area (Å²) in [6.45, 7) is 3.94. The summed E-state index contributed by atoms with van der Waals surface area (Å²) in [6, 6.07) is 20.7. The number of aryl methyl sites for hydroxylation is 2. The third-order valence-electron chi connectivity index (χ3n) is 4.60. The van der Waals surface area contributed by atoms with Crippen LogP contribution in [0, 0.1) is 13.8 Å². The summed E-state index contributed by atoms with van der Waals surface area (Å²) < 4.78 is 7.22. The Labute approximate surface area is 200 Å². The fraction of sp³-hybridized carbons (Fsp3) is 0.160. The highest BCUT2D eigenvalue weighted by Crippen LogP contribution is 2.31. The van der Waals surface area contributed by atoms with Gasteiger partial charge in [-0.1, -0.05) is 36.0 Å². The van der Waals surface area contributed by atoms with Crippen LogP contribution in [0.25, 0.3) is 10.2 Å². The van der Waals surface area contributed by atoms with Gasteiger partial charge in [0.25, 0.3) is 5.91 Å². The molecule has 0 saturated heterocycles. The number of benzene rings is 3. The number of nitrogens with one attached hydrogen (secondary N) is 2. The van der Waals surface area contributed by atoms with Crippen LogP contribution in [-0.2, 0) is 9.59 Å². The first-order valence-electron chi connectivity index (χ1n) is 10.3. The van der Waals surface area contributed by atoms with E-state index in [0.29, 0.717) is 11.4 Å².